The van der Waals surface area contributed by atoms with Gasteiger partial charge in [0.25, 0.3) is 5.91 Å². The molecule has 2 heterocycles. The number of hydrogen-bond donors (Lipinski definition) is 2. The van der Waals surface area contributed by atoms with Gasteiger partial charge in [-0.25, -0.2) is 10.1 Å². The Morgan fingerprint density at radius 2 is 1.84 bits per heavy atom. The number of methoxy groups -OCH3 is 1. The number of benzene rings is 2. The van der Waals surface area contributed by atoms with Crippen molar-refractivity contribution in [1.82, 2.24) is 30.7 Å². The second kappa shape index (κ2) is 11.2. The zero-order chi connectivity index (χ0) is 26.4. The first kappa shape index (κ1) is 25.2. The number of ether oxygens (including phenoxy) is 3. The van der Waals surface area contributed by atoms with E-state index in [1.165, 1.54) is 4.68 Å². The van der Waals surface area contributed by atoms with Crippen molar-refractivity contribution in [2.45, 2.75) is 20.8 Å². The Balaban J connectivity index is 1.66. The van der Waals surface area contributed by atoms with Crippen LogP contribution in [0.4, 0.5) is 5.82 Å². The van der Waals surface area contributed by atoms with Crippen molar-refractivity contribution >= 4 is 17.4 Å². The van der Waals surface area contributed by atoms with E-state index in [0.717, 1.165) is 5.56 Å². The molecule has 0 atom stereocenters. The van der Waals surface area contributed by atoms with Crippen LogP contribution in [0.2, 0.25) is 0 Å². The number of amides is 1. The normalized spacial score (nSPS) is 11.3. The zero-order valence-electron chi connectivity index (χ0n) is 20.8. The Labute approximate surface area is 212 Å². The number of nitrogens with zero attached hydrogens (tertiary/aromatic N) is 6. The lowest BCUT2D eigenvalue weighted by Crippen LogP contribution is -2.21. The monoisotopic (exact) mass is 506 g/mol. The highest BCUT2D eigenvalue weighted by atomic mass is 16.6. The molecule has 0 aliphatic carbocycles. The van der Waals surface area contributed by atoms with E-state index in [-0.39, 0.29) is 17.3 Å². The van der Waals surface area contributed by atoms with Crippen molar-refractivity contribution in [3.63, 3.8) is 0 Å². The maximum absolute atomic E-state index is 13.2. The molecule has 1 amide bonds. The van der Waals surface area contributed by atoms with Crippen molar-refractivity contribution in [1.29, 1.82) is 0 Å². The number of carbonyl (C=O) groups is 1. The molecule has 0 saturated heterocycles. The minimum absolute atomic E-state index is 0.00705. The number of rotatable bonds is 10. The summed E-state index contributed by atoms with van der Waals surface area (Å²) in [6.07, 6.45) is 0. The van der Waals surface area contributed by atoms with E-state index in [4.69, 9.17) is 24.6 Å². The fourth-order valence-corrected chi connectivity index (χ4v) is 3.48. The van der Waals surface area contributed by atoms with Gasteiger partial charge < -0.3 is 19.9 Å². The van der Waals surface area contributed by atoms with E-state index in [2.05, 4.69) is 31.2 Å². The summed E-state index contributed by atoms with van der Waals surface area (Å²) in [5, 5.41) is 19.7. The van der Waals surface area contributed by atoms with Gasteiger partial charge in [-0.2, -0.15) is 9.78 Å². The third-order valence-electron chi connectivity index (χ3n) is 5.23. The van der Waals surface area contributed by atoms with Crippen LogP contribution in [0.3, 0.4) is 0 Å². The number of nitrogens with two attached hydrogens (primary N) is 1. The van der Waals surface area contributed by atoms with E-state index >= 15 is 0 Å². The number of hydrogen-bond acceptors (Lipinski definition) is 11. The summed E-state index contributed by atoms with van der Waals surface area (Å²) in [4.78, 5) is 13.2. The van der Waals surface area contributed by atoms with Gasteiger partial charge in [-0.3, -0.25) is 4.79 Å². The molecular formula is C24H26N8O5. The van der Waals surface area contributed by atoms with Crippen molar-refractivity contribution < 1.29 is 23.6 Å². The molecule has 0 unspecified atom stereocenters. The number of nitrogen functional groups attached to an aromatic ring is 1. The Morgan fingerprint density at radius 1 is 1.08 bits per heavy atom. The van der Waals surface area contributed by atoms with Crippen LogP contribution in [0.1, 0.15) is 36.8 Å². The summed E-state index contributed by atoms with van der Waals surface area (Å²) in [7, 11) is 1.55. The Hall–Kier alpha value is -4.94. The molecule has 0 spiro atoms. The highest BCUT2D eigenvalue weighted by Crippen LogP contribution is 2.29. The predicted octanol–water partition coefficient (Wildman–Crippen LogP) is 2.86. The smallest absolute Gasteiger partial charge is 0.294 e. The van der Waals surface area contributed by atoms with Crippen LogP contribution in [-0.4, -0.2) is 57.2 Å². The minimum atomic E-state index is -0.595. The first-order valence-electron chi connectivity index (χ1n) is 11.4. The molecule has 0 aliphatic heterocycles. The Kier molecular flexibility index (Phi) is 7.62. The molecule has 0 saturated carbocycles. The highest BCUT2D eigenvalue weighted by Gasteiger charge is 2.25. The summed E-state index contributed by atoms with van der Waals surface area (Å²) in [6.45, 7) is 6.56. The van der Waals surface area contributed by atoms with Crippen molar-refractivity contribution in [3.05, 3.63) is 53.7 Å². The van der Waals surface area contributed by atoms with Gasteiger partial charge in [0.15, 0.2) is 17.2 Å². The van der Waals surface area contributed by atoms with Crippen LogP contribution < -0.4 is 25.4 Å². The SMILES string of the molecule is CCOc1ccc(-c2c(C(=O)NN=C(C)c3ccc(OCC)c(OC)c3)nnn2-c2nonc2N)cc1. The van der Waals surface area contributed by atoms with E-state index in [0.29, 0.717) is 47.4 Å². The van der Waals surface area contributed by atoms with Crippen LogP contribution >= 0.6 is 0 Å². The second-order valence-electron chi connectivity index (χ2n) is 7.57. The predicted molar refractivity (Wildman–Crippen MR) is 134 cm³/mol. The van der Waals surface area contributed by atoms with Gasteiger partial charge in [-0.1, -0.05) is 5.21 Å². The lowest BCUT2D eigenvalue weighted by molar-refractivity contribution is 0.0950. The quantitative estimate of drug-likeness (QED) is 0.241. The molecule has 13 heteroatoms. The molecule has 0 bridgehead atoms. The van der Waals surface area contributed by atoms with Gasteiger partial charge in [0.05, 0.1) is 26.0 Å². The number of carbonyl (C=O) groups excluding carboxylic acids is 1. The molecule has 13 nitrogen and oxygen atoms in total. The fraction of sp³-hybridized carbons (Fsp3) is 0.250. The molecule has 3 N–H and O–H groups in total. The van der Waals surface area contributed by atoms with Crippen LogP contribution in [0, 0.1) is 0 Å². The lowest BCUT2D eigenvalue weighted by Gasteiger charge is -2.11. The average molecular weight is 507 g/mol. The van der Waals surface area contributed by atoms with Gasteiger partial charge in [0.2, 0.25) is 11.6 Å². The molecule has 4 rings (SSSR count). The van der Waals surface area contributed by atoms with Crippen LogP contribution in [0.15, 0.2) is 52.2 Å². The number of anilines is 1. The lowest BCUT2D eigenvalue weighted by atomic mass is 10.1. The minimum Gasteiger partial charge on any atom is -0.494 e. The van der Waals surface area contributed by atoms with Gasteiger partial charge in [-0.15, -0.1) is 5.10 Å². The van der Waals surface area contributed by atoms with E-state index in [1.54, 1.807) is 50.4 Å². The molecular weight excluding hydrogens is 480 g/mol. The first-order valence-corrected chi connectivity index (χ1v) is 11.4. The van der Waals surface area contributed by atoms with Gasteiger partial charge in [0.1, 0.15) is 11.4 Å². The summed E-state index contributed by atoms with van der Waals surface area (Å²) in [5.41, 5.74) is 10.6. The summed E-state index contributed by atoms with van der Waals surface area (Å²) in [5.74, 6) is 1.33. The summed E-state index contributed by atoms with van der Waals surface area (Å²) in [6, 6.07) is 12.4. The van der Waals surface area contributed by atoms with Crippen molar-refractivity contribution in [2.75, 3.05) is 26.1 Å². The number of nitrogens with one attached hydrogen (secondary N) is 1. The molecule has 2 aromatic carbocycles. The molecule has 192 valence electrons. The van der Waals surface area contributed by atoms with E-state index in [9.17, 15) is 4.79 Å². The standard InChI is InChI=1S/C24H26N8O5/c1-5-35-17-10-7-15(8-11-17)21-20(27-31-32(21)23-22(25)29-37-30-23)24(33)28-26-14(3)16-9-12-18(36-6-2)19(13-16)34-4/h7-13H,5-6H2,1-4H3,(H2,25,29)(H,28,33). The molecule has 37 heavy (non-hydrogen) atoms. The maximum atomic E-state index is 13.2. The number of hydrazone groups is 1. The zero-order valence-corrected chi connectivity index (χ0v) is 20.8. The molecule has 0 fully saturated rings. The summed E-state index contributed by atoms with van der Waals surface area (Å²) < 4.78 is 22.4. The molecule has 2 aromatic heterocycles. The Morgan fingerprint density at radius 3 is 2.49 bits per heavy atom. The first-order chi connectivity index (χ1) is 18.0. The largest absolute Gasteiger partial charge is 0.494 e. The second-order valence-corrected chi connectivity index (χ2v) is 7.57. The van der Waals surface area contributed by atoms with Crippen LogP contribution in [0.5, 0.6) is 17.2 Å². The molecule has 0 radical (unpaired) electrons. The van der Waals surface area contributed by atoms with Gasteiger partial charge in [0, 0.05) is 11.1 Å². The third-order valence-corrected chi connectivity index (χ3v) is 5.23. The van der Waals surface area contributed by atoms with E-state index < -0.39 is 5.91 Å². The highest BCUT2D eigenvalue weighted by molar-refractivity contribution is 6.02. The average Bonchev–Trinajstić information content (AvgIpc) is 3.54. The summed E-state index contributed by atoms with van der Waals surface area (Å²) >= 11 is 0. The van der Waals surface area contributed by atoms with Crippen molar-refractivity contribution in [2.24, 2.45) is 5.10 Å². The van der Waals surface area contributed by atoms with E-state index in [1.807, 2.05) is 19.9 Å². The van der Waals surface area contributed by atoms with Crippen LogP contribution in [-0.2, 0) is 0 Å². The van der Waals surface area contributed by atoms with Crippen LogP contribution in [0.25, 0.3) is 17.1 Å². The molecule has 0 aliphatic rings. The third kappa shape index (κ3) is 5.34. The fourth-order valence-electron chi connectivity index (χ4n) is 3.48. The van der Waals surface area contributed by atoms with Gasteiger partial charge >= 0.3 is 0 Å². The maximum Gasteiger partial charge on any atom is 0.294 e. The molecule has 4 aromatic rings. The van der Waals surface area contributed by atoms with Gasteiger partial charge in [-0.05, 0) is 73.5 Å². The number of aromatic nitrogens is 5. The Bertz CT molecular complexity index is 1410. The topological polar surface area (TPSA) is 165 Å². The van der Waals surface area contributed by atoms with Crippen molar-refractivity contribution in [3.8, 4) is 34.3 Å².